The summed E-state index contributed by atoms with van der Waals surface area (Å²) < 4.78 is 0.970. The SMILES string of the molecule is O=C(CC1CCCCCN1)c1cccc(Br)c1. The zero-order chi connectivity index (χ0) is 12.1. The highest BCUT2D eigenvalue weighted by molar-refractivity contribution is 9.10. The van der Waals surface area contributed by atoms with Crippen molar-refractivity contribution in [2.75, 3.05) is 6.54 Å². The van der Waals surface area contributed by atoms with Gasteiger partial charge in [-0.1, -0.05) is 40.9 Å². The lowest BCUT2D eigenvalue weighted by molar-refractivity contribution is 0.0968. The van der Waals surface area contributed by atoms with Crippen molar-refractivity contribution in [2.24, 2.45) is 0 Å². The smallest absolute Gasteiger partial charge is 0.164 e. The summed E-state index contributed by atoms with van der Waals surface area (Å²) in [7, 11) is 0. The summed E-state index contributed by atoms with van der Waals surface area (Å²) >= 11 is 3.40. The zero-order valence-corrected chi connectivity index (χ0v) is 11.5. The maximum absolute atomic E-state index is 12.1. The Morgan fingerprint density at radius 1 is 1.35 bits per heavy atom. The van der Waals surface area contributed by atoms with E-state index >= 15 is 0 Å². The number of hydrogen-bond donors (Lipinski definition) is 1. The molecular weight excluding hydrogens is 278 g/mol. The fraction of sp³-hybridized carbons (Fsp3) is 0.500. The third kappa shape index (κ3) is 3.93. The van der Waals surface area contributed by atoms with E-state index in [2.05, 4.69) is 21.2 Å². The summed E-state index contributed by atoms with van der Waals surface area (Å²) in [6.07, 6.45) is 5.51. The van der Waals surface area contributed by atoms with Gasteiger partial charge in [0.25, 0.3) is 0 Å². The molecule has 2 rings (SSSR count). The van der Waals surface area contributed by atoms with Crippen molar-refractivity contribution >= 4 is 21.7 Å². The predicted octanol–water partition coefficient (Wildman–Crippen LogP) is 3.55. The van der Waals surface area contributed by atoms with Gasteiger partial charge in [-0.15, -0.1) is 0 Å². The van der Waals surface area contributed by atoms with Crippen molar-refractivity contribution in [3.05, 3.63) is 34.3 Å². The van der Waals surface area contributed by atoms with E-state index in [0.29, 0.717) is 12.5 Å². The fourth-order valence-electron chi connectivity index (χ4n) is 2.28. The molecule has 0 spiro atoms. The lowest BCUT2D eigenvalue weighted by atomic mass is 10.0. The summed E-state index contributed by atoms with van der Waals surface area (Å²) in [6, 6.07) is 8.02. The van der Waals surface area contributed by atoms with Crippen molar-refractivity contribution in [3.8, 4) is 0 Å². The minimum absolute atomic E-state index is 0.241. The number of nitrogens with one attached hydrogen (secondary N) is 1. The molecule has 2 nitrogen and oxygen atoms in total. The average Bonchev–Trinajstić information content (AvgIpc) is 2.57. The second-order valence-electron chi connectivity index (χ2n) is 4.64. The van der Waals surface area contributed by atoms with E-state index in [1.54, 1.807) is 0 Å². The molecule has 1 unspecified atom stereocenters. The van der Waals surface area contributed by atoms with Crippen LogP contribution in [0.1, 0.15) is 42.5 Å². The Kier molecular flexibility index (Phi) is 4.75. The second kappa shape index (κ2) is 6.31. The molecule has 17 heavy (non-hydrogen) atoms. The molecule has 1 aromatic carbocycles. The van der Waals surface area contributed by atoms with Gasteiger partial charge in [-0.05, 0) is 31.5 Å². The topological polar surface area (TPSA) is 29.1 Å². The van der Waals surface area contributed by atoms with Gasteiger partial charge in [-0.2, -0.15) is 0 Å². The Labute approximate surface area is 111 Å². The van der Waals surface area contributed by atoms with Crippen LogP contribution in [-0.4, -0.2) is 18.4 Å². The lowest BCUT2D eigenvalue weighted by Gasteiger charge is -2.14. The van der Waals surface area contributed by atoms with Gasteiger partial charge in [0.05, 0.1) is 0 Å². The molecule has 0 amide bonds. The second-order valence-corrected chi connectivity index (χ2v) is 5.55. The summed E-state index contributed by atoms with van der Waals surface area (Å²) in [5, 5.41) is 3.46. The van der Waals surface area contributed by atoms with E-state index in [0.717, 1.165) is 23.0 Å². The van der Waals surface area contributed by atoms with Crippen LogP contribution in [0.2, 0.25) is 0 Å². The standard InChI is InChI=1S/C14H18BrNO/c15-12-6-4-5-11(9-12)14(17)10-13-7-2-1-3-8-16-13/h4-6,9,13,16H,1-3,7-8,10H2. The monoisotopic (exact) mass is 295 g/mol. The highest BCUT2D eigenvalue weighted by atomic mass is 79.9. The van der Waals surface area contributed by atoms with Crippen LogP contribution in [-0.2, 0) is 0 Å². The number of hydrogen-bond acceptors (Lipinski definition) is 2. The molecule has 0 bridgehead atoms. The lowest BCUT2D eigenvalue weighted by Crippen LogP contribution is -2.30. The first-order valence-electron chi connectivity index (χ1n) is 6.28. The normalized spacial score (nSPS) is 20.9. The Bertz CT molecular complexity index is 384. The van der Waals surface area contributed by atoms with Gasteiger partial charge in [0.15, 0.2) is 5.78 Å². The number of benzene rings is 1. The van der Waals surface area contributed by atoms with E-state index < -0.39 is 0 Å². The molecule has 1 aromatic rings. The largest absolute Gasteiger partial charge is 0.314 e. The van der Waals surface area contributed by atoms with Gasteiger partial charge >= 0.3 is 0 Å². The molecule has 1 aliphatic rings. The molecule has 1 aliphatic heterocycles. The van der Waals surface area contributed by atoms with Crippen LogP contribution in [0.25, 0.3) is 0 Å². The molecular formula is C14H18BrNO. The molecule has 0 aliphatic carbocycles. The molecule has 1 heterocycles. The molecule has 1 N–H and O–H groups in total. The van der Waals surface area contributed by atoms with Crippen LogP contribution >= 0.6 is 15.9 Å². The average molecular weight is 296 g/mol. The first kappa shape index (κ1) is 12.8. The van der Waals surface area contributed by atoms with Crippen LogP contribution in [0.4, 0.5) is 0 Å². The molecule has 0 saturated carbocycles. The summed E-state index contributed by atoms with van der Waals surface area (Å²) in [4.78, 5) is 12.1. The third-order valence-corrected chi connectivity index (χ3v) is 3.73. The number of carbonyl (C=O) groups is 1. The van der Waals surface area contributed by atoms with Crippen molar-refractivity contribution in [1.29, 1.82) is 0 Å². The van der Waals surface area contributed by atoms with Crippen LogP contribution in [0.5, 0.6) is 0 Å². The van der Waals surface area contributed by atoms with Crippen molar-refractivity contribution in [1.82, 2.24) is 5.32 Å². The summed E-state index contributed by atoms with van der Waals surface area (Å²) in [5.74, 6) is 0.241. The molecule has 1 saturated heterocycles. The maximum Gasteiger partial charge on any atom is 0.164 e. The molecule has 1 fully saturated rings. The van der Waals surface area contributed by atoms with E-state index in [1.807, 2.05) is 24.3 Å². The molecule has 92 valence electrons. The fourth-order valence-corrected chi connectivity index (χ4v) is 2.68. The van der Waals surface area contributed by atoms with Crippen LogP contribution < -0.4 is 5.32 Å². The first-order valence-corrected chi connectivity index (χ1v) is 7.07. The minimum Gasteiger partial charge on any atom is -0.314 e. The predicted molar refractivity (Wildman–Crippen MR) is 73.3 cm³/mol. The Morgan fingerprint density at radius 2 is 2.24 bits per heavy atom. The van der Waals surface area contributed by atoms with Gasteiger partial charge < -0.3 is 5.32 Å². The van der Waals surface area contributed by atoms with Crippen molar-refractivity contribution in [2.45, 2.75) is 38.1 Å². The number of ketones is 1. The number of Topliss-reactive ketones (excluding diaryl/α,β-unsaturated/α-hetero) is 1. The van der Waals surface area contributed by atoms with E-state index in [1.165, 1.54) is 19.3 Å². The van der Waals surface area contributed by atoms with E-state index in [4.69, 9.17) is 0 Å². The summed E-state index contributed by atoms with van der Waals surface area (Å²) in [6.45, 7) is 1.05. The quantitative estimate of drug-likeness (QED) is 0.864. The third-order valence-electron chi connectivity index (χ3n) is 3.24. The van der Waals surface area contributed by atoms with Gasteiger partial charge in [0, 0.05) is 22.5 Å². The number of rotatable bonds is 3. The van der Waals surface area contributed by atoms with Gasteiger partial charge in [-0.25, -0.2) is 0 Å². The highest BCUT2D eigenvalue weighted by Gasteiger charge is 2.16. The Balaban J connectivity index is 1.96. The van der Waals surface area contributed by atoms with Crippen molar-refractivity contribution < 1.29 is 4.79 Å². The van der Waals surface area contributed by atoms with Gasteiger partial charge in [0.1, 0.15) is 0 Å². The Hall–Kier alpha value is -0.670. The van der Waals surface area contributed by atoms with Gasteiger partial charge in [0.2, 0.25) is 0 Å². The summed E-state index contributed by atoms with van der Waals surface area (Å²) in [5.41, 5.74) is 0.811. The van der Waals surface area contributed by atoms with E-state index in [9.17, 15) is 4.79 Å². The Morgan fingerprint density at radius 3 is 3.06 bits per heavy atom. The van der Waals surface area contributed by atoms with Gasteiger partial charge in [-0.3, -0.25) is 4.79 Å². The molecule has 0 radical (unpaired) electrons. The van der Waals surface area contributed by atoms with Crippen molar-refractivity contribution in [3.63, 3.8) is 0 Å². The first-order chi connectivity index (χ1) is 8.25. The molecule has 0 aromatic heterocycles. The van der Waals surface area contributed by atoms with Crippen LogP contribution in [0.3, 0.4) is 0 Å². The van der Waals surface area contributed by atoms with Crippen LogP contribution in [0.15, 0.2) is 28.7 Å². The number of halogens is 1. The molecule has 3 heteroatoms. The number of carbonyl (C=O) groups excluding carboxylic acids is 1. The molecule has 1 atom stereocenters. The zero-order valence-electron chi connectivity index (χ0n) is 9.92. The highest BCUT2D eigenvalue weighted by Crippen LogP contribution is 2.16. The maximum atomic E-state index is 12.1. The van der Waals surface area contributed by atoms with Crippen LogP contribution in [0, 0.1) is 0 Å². The minimum atomic E-state index is 0.241. The van der Waals surface area contributed by atoms with E-state index in [-0.39, 0.29) is 5.78 Å².